The molecular formula is C18H23N3O3S. The first-order chi connectivity index (χ1) is 11.9. The smallest absolute Gasteiger partial charge is 0.256 e. The highest BCUT2D eigenvalue weighted by Gasteiger charge is 2.51. The Hall–Kier alpha value is -1.63. The van der Waals surface area contributed by atoms with E-state index >= 15 is 0 Å². The Morgan fingerprint density at radius 1 is 1.12 bits per heavy atom. The van der Waals surface area contributed by atoms with Crippen LogP contribution in [0.1, 0.15) is 38.5 Å². The van der Waals surface area contributed by atoms with Crippen LogP contribution in [0.5, 0.6) is 0 Å². The van der Waals surface area contributed by atoms with Crippen molar-refractivity contribution in [1.82, 2.24) is 10.2 Å². The van der Waals surface area contributed by atoms with Gasteiger partial charge in [0.25, 0.3) is 15.9 Å². The molecule has 0 radical (unpaired) electrons. The van der Waals surface area contributed by atoms with Crippen molar-refractivity contribution in [2.24, 2.45) is 22.2 Å². The van der Waals surface area contributed by atoms with Gasteiger partial charge in [-0.3, -0.25) is 4.79 Å². The molecule has 0 atom stereocenters. The van der Waals surface area contributed by atoms with Crippen LogP contribution in [-0.2, 0) is 14.8 Å². The zero-order valence-electron chi connectivity index (χ0n) is 14.1. The number of amidine groups is 1. The second kappa shape index (κ2) is 5.19. The van der Waals surface area contributed by atoms with Crippen molar-refractivity contribution in [2.45, 2.75) is 44.1 Å². The largest absolute Gasteiger partial charge is 0.347 e. The van der Waals surface area contributed by atoms with E-state index in [4.69, 9.17) is 0 Å². The van der Waals surface area contributed by atoms with Crippen LogP contribution in [0.15, 0.2) is 28.3 Å². The van der Waals surface area contributed by atoms with Crippen LogP contribution in [0, 0.1) is 17.8 Å². The minimum Gasteiger partial charge on any atom is -0.347 e. The minimum absolute atomic E-state index is 0.00921. The fourth-order valence-electron chi connectivity index (χ4n) is 5.91. The third-order valence-electron chi connectivity index (χ3n) is 6.50. The Morgan fingerprint density at radius 2 is 1.76 bits per heavy atom. The molecule has 0 spiro atoms. The number of amides is 1. The lowest BCUT2D eigenvalue weighted by molar-refractivity contribution is -0.122. The predicted molar refractivity (Wildman–Crippen MR) is 94.2 cm³/mol. The average Bonchev–Trinajstić information content (AvgIpc) is 2.51. The lowest BCUT2D eigenvalue weighted by Crippen LogP contribution is -2.60. The summed E-state index contributed by atoms with van der Waals surface area (Å²) in [6.45, 7) is 0.347. The summed E-state index contributed by atoms with van der Waals surface area (Å²) in [4.78, 5) is 14.6. The first-order valence-corrected chi connectivity index (χ1v) is 10.8. The van der Waals surface area contributed by atoms with Gasteiger partial charge in [0.05, 0.1) is 11.3 Å². The Morgan fingerprint density at radius 3 is 2.40 bits per heavy atom. The van der Waals surface area contributed by atoms with Crippen molar-refractivity contribution in [3.63, 3.8) is 0 Å². The molecule has 0 aromatic heterocycles. The van der Waals surface area contributed by atoms with E-state index in [1.54, 1.807) is 23.3 Å². The summed E-state index contributed by atoms with van der Waals surface area (Å²) in [5, 5.41) is 3.36. The Bertz CT molecular complexity index is 789. The van der Waals surface area contributed by atoms with Gasteiger partial charge in [0.1, 0.15) is 5.84 Å². The van der Waals surface area contributed by atoms with Crippen LogP contribution in [0.4, 0.5) is 0 Å². The minimum atomic E-state index is -3.36. The van der Waals surface area contributed by atoms with E-state index in [0.717, 1.165) is 37.0 Å². The van der Waals surface area contributed by atoms with Crippen LogP contribution in [0.3, 0.4) is 0 Å². The molecule has 4 aliphatic carbocycles. The average molecular weight is 361 g/mol. The maximum absolute atomic E-state index is 12.9. The van der Waals surface area contributed by atoms with Crippen molar-refractivity contribution in [2.75, 3.05) is 12.3 Å². The van der Waals surface area contributed by atoms with E-state index in [2.05, 4.69) is 9.71 Å². The molecule has 1 amide bonds. The highest BCUT2D eigenvalue weighted by molar-refractivity contribution is 7.90. The molecule has 0 unspecified atom stereocenters. The van der Waals surface area contributed by atoms with E-state index in [1.165, 1.54) is 19.3 Å². The lowest BCUT2D eigenvalue weighted by atomic mass is 9.53. The number of sulfonamides is 1. The molecule has 4 saturated carbocycles. The molecule has 2 aliphatic heterocycles. The Kier molecular flexibility index (Phi) is 3.24. The van der Waals surface area contributed by atoms with Crippen LogP contribution in [0.25, 0.3) is 0 Å². The fraction of sp³-hybridized carbons (Fsp3) is 0.667. The van der Waals surface area contributed by atoms with Crippen molar-refractivity contribution >= 4 is 21.8 Å². The molecule has 4 fully saturated rings. The molecule has 6 rings (SSSR count). The zero-order valence-corrected chi connectivity index (χ0v) is 15.0. The molecule has 4 bridgehead atoms. The summed E-state index contributed by atoms with van der Waals surface area (Å²) in [6.07, 6.45) is 12.5. The molecular weight excluding hydrogens is 338 g/mol. The lowest BCUT2D eigenvalue weighted by Gasteiger charge is -2.57. The van der Waals surface area contributed by atoms with Gasteiger partial charge in [-0.2, -0.15) is 0 Å². The van der Waals surface area contributed by atoms with Crippen LogP contribution in [-0.4, -0.2) is 42.9 Å². The number of fused-ring (bicyclic) bond motifs is 1. The summed E-state index contributed by atoms with van der Waals surface area (Å²) >= 11 is 0. The normalized spacial score (nSPS) is 40.3. The first kappa shape index (κ1) is 15.6. The first-order valence-electron chi connectivity index (χ1n) is 9.21. The third-order valence-corrected chi connectivity index (χ3v) is 7.67. The second-order valence-corrected chi connectivity index (χ2v) is 10.3. The fourth-order valence-corrected chi connectivity index (χ4v) is 6.88. The molecule has 6 nitrogen and oxygen atoms in total. The summed E-state index contributed by atoms with van der Waals surface area (Å²) < 4.78 is 26.9. The number of rotatable bonds is 2. The summed E-state index contributed by atoms with van der Waals surface area (Å²) in [5.41, 5.74) is 0.578. The molecule has 25 heavy (non-hydrogen) atoms. The Labute approximate surface area is 148 Å². The van der Waals surface area contributed by atoms with Crippen LogP contribution in [0.2, 0.25) is 0 Å². The van der Waals surface area contributed by atoms with E-state index in [-0.39, 0.29) is 17.2 Å². The van der Waals surface area contributed by atoms with Gasteiger partial charge >= 0.3 is 0 Å². The molecule has 7 heteroatoms. The van der Waals surface area contributed by atoms with Gasteiger partial charge in [-0.05, 0) is 68.4 Å². The molecule has 0 aromatic carbocycles. The van der Waals surface area contributed by atoms with Crippen molar-refractivity contribution in [3.8, 4) is 0 Å². The van der Waals surface area contributed by atoms with Gasteiger partial charge < -0.3 is 10.2 Å². The molecule has 6 aliphatic rings. The molecule has 134 valence electrons. The maximum atomic E-state index is 12.9. The number of hydrogen-bond acceptors (Lipinski definition) is 4. The number of nitrogens with one attached hydrogen (secondary N) is 1. The van der Waals surface area contributed by atoms with Gasteiger partial charge in [0.2, 0.25) is 0 Å². The SMILES string of the molecule is O=C(NC12CC3CC(CC(C3)C1)C2)C1=CN2CCS(=O)(=O)N=C2C=C1. The third kappa shape index (κ3) is 2.72. The zero-order chi connectivity index (χ0) is 17.2. The number of nitrogens with zero attached hydrogens (tertiary/aromatic N) is 2. The van der Waals surface area contributed by atoms with Gasteiger partial charge in [-0.1, -0.05) is 0 Å². The van der Waals surface area contributed by atoms with Gasteiger partial charge in [-0.15, -0.1) is 4.40 Å². The topological polar surface area (TPSA) is 78.8 Å². The highest BCUT2D eigenvalue weighted by Crippen LogP contribution is 2.55. The number of carbonyl (C=O) groups excluding carboxylic acids is 1. The number of hydrogen-bond donors (Lipinski definition) is 1. The molecule has 0 aromatic rings. The van der Waals surface area contributed by atoms with E-state index in [1.807, 2.05) is 0 Å². The quantitative estimate of drug-likeness (QED) is 0.810. The summed E-state index contributed by atoms with van der Waals surface area (Å²) in [6, 6.07) is 0. The van der Waals surface area contributed by atoms with Gasteiger partial charge in [-0.25, -0.2) is 8.42 Å². The molecule has 0 saturated heterocycles. The van der Waals surface area contributed by atoms with E-state index in [9.17, 15) is 13.2 Å². The highest BCUT2D eigenvalue weighted by atomic mass is 32.2. The Balaban J connectivity index is 1.34. The van der Waals surface area contributed by atoms with Gasteiger partial charge in [0, 0.05) is 18.3 Å². The maximum Gasteiger partial charge on any atom is 0.256 e. The van der Waals surface area contributed by atoms with Crippen LogP contribution >= 0.6 is 0 Å². The number of carbonyl (C=O) groups is 1. The summed E-state index contributed by atoms with van der Waals surface area (Å²) in [5.74, 6) is 2.71. The van der Waals surface area contributed by atoms with Gasteiger partial charge in [0.15, 0.2) is 0 Å². The predicted octanol–water partition coefficient (Wildman–Crippen LogP) is 1.57. The van der Waals surface area contributed by atoms with Crippen LogP contribution < -0.4 is 5.32 Å². The monoisotopic (exact) mass is 361 g/mol. The second-order valence-electron chi connectivity index (χ2n) is 8.50. The summed E-state index contributed by atoms with van der Waals surface area (Å²) in [7, 11) is -3.36. The van der Waals surface area contributed by atoms with Crippen molar-refractivity contribution in [3.05, 3.63) is 23.9 Å². The molecule has 2 heterocycles. The van der Waals surface area contributed by atoms with E-state index in [0.29, 0.717) is 18.0 Å². The molecule has 1 N–H and O–H groups in total. The van der Waals surface area contributed by atoms with Crippen molar-refractivity contribution in [1.29, 1.82) is 0 Å². The van der Waals surface area contributed by atoms with E-state index < -0.39 is 10.0 Å². The standard InChI is InChI=1S/C18H23N3O3S/c22-17(15-1-2-16-20-25(23,24)4-3-21(16)11-15)19-18-8-12-5-13(9-18)7-14(6-12)10-18/h1-2,11-14H,3-10H2,(H,19,22). The van der Waals surface area contributed by atoms with Crippen molar-refractivity contribution < 1.29 is 13.2 Å².